The Kier molecular flexibility index (Phi) is 5.86. The zero-order chi connectivity index (χ0) is 19.6. The first kappa shape index (κ1) is 19.4. The third-order valence-electron chi connectivity index (χ3n) is 4.63. The maximum absolute atomic E-state index is 13.7. The fourth-order valence-electron chi connectivity index (χ4n) is 3.27. The van der Waals surface area contributed by atoms with E-state index in [-0.39, 0.29) is 30.1 Å². The van der Waals surface area contributed by atoms with E-state index in [1.807, 2.05) is 0 Å². The lowest BCUT2D eigenvalue weighted by Gasteiger charge is -2.37. The predicted octanol–water partition coefficient (Wildman–Crippen LogP) is 3.05. The number of nitrogens with zero attached hydrogens (tertiary/aromatic N) is 2. The summed E-state index contributed by atoms with van der Waals surface area (Å²) >= 11 is 1.32. The molecule has 0 saturated carbocycles. The van der Waals surface area contributed by atoms with Crippen LogP contribution in [0.5, 0.6) is 0 Å². The zero-order valence-electron chi connectivity index (χ0n) is 15.4. The van der Waals surface area contributed by atoms with Crippen LogP contribution in [0.2, 0.25) is 0 Å². The minimum Gasteiger partial charge on any atom is -0.467 e. The Labute approximate surface area is 160 Å². The molecule has 27 heavy (non-hydrogen) atoms. The lowest BCUT2D eigenvalue weighted by atomic mass is 9.99. The molecule has 2 aromatic rings. The van der Waals surface area contributed by atoms with Gasteiger partial charge in [0.25, 0.3) is 5.91 Å². The van der Waals surface area contributed by atoms with Crippen molar-refractivity contribution in [2.24, 2.45) is 0 Å². The Hall–Kier alpha value is -2.32. The smallest absolute Gasteiger partial charge is 0.328 e. The molecule has 1 aromatic heterocycles. The number of rotatable bonds is 4. The number of ether oxygens (including phenoxy) is 2. The van der Waals surface area contributed by atoms with Crippen molar-refractivity contribution in [3.63, 3.8) is 0 Å². The quantitative estimate of drug-likeness (QED) is 0.748. The number of esters is 1. The third-order valence-corrected chi connectivity index (χ3v) is 5.65. The van der Waals surface area contributed by atoms with Crippen molar-refractivity contribution in [3.05, 3.63) is 40.8 Å². The van der Waals surface area contributed by atoms with Crippen LogP contribution in [0.1, 0.15) is 28.3 Å². The van der Waals surface area contributed by atoms with Crippen LogP contribution in [0.3, 0.4) is 0 Å². The first-order valence-corrected chi connectivity index (χ1v) is 9.41. The van der Waals surface area contributed by atoms with Crippen LogP contribution in [0.15, 0.2) is 24.3 Å². The maximum atomic E-state index is 13.7. The summed E-state index contributed by atoms with van der Waals surface area (Å²) < 4.78 is 23.9. The Morgan fingerprint density at radius 2 is 2.07 bits per heavy atom. The van der Waals surface area contributed by atoms with Crippen molar-refractivity contribution in [3.8, 4) is 10.4 Å². The van der Waals surface area contributed by atoms with E-state index in [0.29, 0.717) is 28.3 Å². The van der Waals surface area contributed by atoms with Gasteiger partial charge >= 0.3 is 5.97 Å². The number of halogens is 1. The monoisotopic (exact) mass is 392 g/mol. The van der Waals surface area contributed by atoms with Gasteiger partial charge in [0, 0.05) is 13.7 Å². The summed E-state index contributed by atoms with van der Waals surface area (Å²) in [6, 6.07) is 5.36. The molecule has 6 nitrogen and oxygen atoms in total. The minimum absolute atomic E-state index is 0.160. The van der Waals surface area contributed by atoms with Gasteiger partial charge in [0.1, 0.15) is 17.6 Å². The summed E-state index contributed by atoms with van der Waals surface area (Å²) in [4.78, 5) is 31.9. The lowest BCUT2D eigenvalue weighted by Crippen LogP contribution is -2.53. The van der Waals surface area contributed by atoms with Crippen LogP contribution in [0.25, 0.3) is 10.4 Å². The van der Waals surface area contributed by atoms with Gasteiger partial charge in [-0.05, 0) is 37.5 Å². The molecule has 2 unspecified atom stereocenters. The average molecular weight is 392 g/mol. The number of carbonyl (C=O) groups excluding carboxylic acids is 2. The molecule has 8 heteroatoms. The summed E-state index contributed by atoms with van der Waals surface area (Å²) in [5, 5.41) is 0.688. The van der Waals surface area contributed by atoms with Crippen molar-refractivity contribution >= 4 is 23.2 Å². The average Bonchev–Trinajstić information content (AvgIpc) is 3.08. The topological polar surface area (TPSA) is 68.7 Å². The molecule has 1 amide bonds. The van der Waals surface area contributed by atoms with Crippen LogP contribution in [-0.4, -0.2) is 54.7 Å². The molecule has 144 valence electrons. The number of benzene rings is 1. The van der Waals surface area contributed by atoms with Crippen molar-refractivity contribution in [2.45, 2.75) is 31.9 Å². The summed E-state index contributed by atoms with van der Waals surface area (Å²) in [7, 11) is 2.88. The summed E-state index contributed by atoms with van der Waals surface area (Å²) in [6.07, 6.45) is 0.953. The molecular weight excluding hydrogens is 371 g/mol. The van der Waals surface area contributed by atoms with Gasteiger partial charge in [-0.3, -0.25) is 4.79 Å². The second-order valence-corrected chi connectivity index (χ2v) is 7.56. The predicted molar refractivity (Wildman–Crippen MR) is 99.1 cm³/mol. The highest BCUT2D eigenvalue weighted by atomic mass is 32.1. The van der Waals surface area contributed by atoms with E-state index in [1.54, 1.807) is 26.2 Å². The fourth-order valence-corrected chi connectivity index (χ4v) is 4.18. The normalized spacial score (nSPS) is 19.8. The third kappa shape index (κ3) is 4.01. The number of thiazole rings is 1. The van der Waals surface area contributed by atoms with Crippen LogP contribution >= 0.6 is 11.3 Å². The highest BCUT2D eigenvalue weighted by Crippen LogP contribution is 2.33. The SMILES string of the molecule is COC(=O)C1CCC(OC)CN1C(=O)c1nc(C)sc1-c1cccc(F)c1. The van der Waals surface area contributed by atoms with Crippen LogP contribution in [0, 0.1) is 12.7 Å². The molecule has 3 rings (SSSR count). The van der Waals surface area contributed by atoms with E-state index >= 15 is 0 Å². The molecule has 1 aromatic carbocycles. The molecule has 2 atom stereocenters. The van der Waals surface area contributed by atoms with Crippen LogP contribution < -0.4 is 0 Å². The van der Waals surface area contributed by atoms with E-state index in [1.165, 1.54) is 35.5 Å². The highest BCUT2D eigenvalue weighted by molar-refractivity contribution is 7.15. The first-order chi connectivity index (χ1) is 12.9. The largest absolute Gasteiger partial charge is 0.467 e. The number of carbonyl (C=O) groups is 2. The van der Waals surface area contributed by atoms with Crippen LogP contribution in [-0.2, 0) is 14.3 Å². The molecule has 0 spiro atoms. The number of aryl methyl sites for hydroxylation is 1. The number of hydrogen-bond donors (Lipinski definition) is 0. The molecule has 1 aliphatic rings. The Bertz CT molecular complexity index is 854. The summed E-state index contributed by atoms with van der Waals surface area (Å²) in [6.45, 7) is 2.06. The number of aromatic nitrogens is 1. The van der Waals surface area contributed by atoms with E-state index in [4.69, 9.17) is 9.47 Å². The van der Waals surface area contributed by atoms with Gasteiger partial charge in [0.15, 0.2) is 0 Å². The first-order valence-electron chi connectivity index (χ1n) is 8.59. The number of methoxy groups -OCH3 is 2. The highest BCUT2D eigenvalue weighted by Gasteiger charge is 2.38. The number of likely N-dealkylation sites (tertiary alicyclic amines) is 1. The minimum atomic E-state index is -0.684. The Morgan fingerprint density at radius 3 is 2.74 bits per heavy atom. The van der Waals surface area contributed by atoms with Gasteiger partial charge in [-0.15, -0.1) is 11.3 Å². The van der Waals surface area contributed by atoms with Crippen molar-refractivity contribution in [2.75, 3.05) is 20.8 Å². The number of amides is 1. The van der Waals surface area contributed by atoms with Gasteiger partial charge in [-0.2, -0.15) is 0 Å². The van der Waals surface area contributed by atoms with Crippen molar-refractivity contribution < 1.29 is 23.5 Å². The van der Waals surface area contributed by atoms with Crippen molar-refractivity contribution in [1.29, 1.82) is 0 Å². The Morgan fingerprint density at radius 1 is 1.30 bits per heavy atom. The molecule has 0 bridgehead atoms. The van der Waals surface area contributed by atoms with Crippen LogP contribution in [0.4, 0.5) is 4.39 Å². The standard InChI is InChI=1S/C19H21FN2O4S/c1-11-21-16(17(27-11)12-5-4-6-13(20)9-12)18(23)22-10-14(25-2)7-8-15(22)19(24)26-3/h4-6,9,14-15H,7-8,10H2,1-3H3. The second kappa shape index (κ2) is 8.14. The molecule has 0 N–H and O–H groups in total. The Balaban J connectivity index is 1.99. The number of hydrogen-bond acceptors (Lipinski definition) is 6. The van der Waals surface area contributed by atoms with Gasteiger partial charge in [0.05, 0.1) is 23.1 Å². The number of piperidine rings is 1. The fraction of sp³-hybridized carbons (Fsp3) is 0.421. The molecule has 1 aliphatic heterocycles. The van der Waals surface area contributed by atoms with Crippen molar-refractivity contribution in [1.82, 2.24) is 9.88 Å². The molecule has 2 heterocycles. The van der Waals surface area contributed by atoms with E-state index in [2.05, 4.69) is 4.98 Å². The maximum Gasteiger partial charge on any atom is 0.328 e. The molecule has 1 saturated heterocycles. The summed E-state index contributed by atoms with van der Waals surface area (Å²) in [5.41, 5.74) is 0.799. The van der Waals surface area contributed by atoms with E-state index < -0.39 is 12.0 Å². The zero-order valence-corrected chi connectivity index (χ0v) is 16.2. The molecule has 0 aliphatic carbocycles. The van der Waals surface area contributed by atoms with E-state index in [9.17, 15) is 14.0 Å². The lowest BCUT2D eigenvalue weighted by molar-refractivity contribution is -0.148. The van der Waals surface area contributed by atoms with Gasteiger partial charge in [-0.25, -0.2) is 14.2 Å². The van der Waals surface area contributed by atoms with Gasteiger partial charge in [-0.1, -0.05) is 12.1 Å². The van der Waals surface area contributed by atoms with Gasteiger partial charge in [0.2, 0.25) is 0 Å². The molecule has 0 radical (unpaired) electrons. The van der Waals surface area contributed by atoms with E-state index in [0.717, 1.165) is 0 Å². The second-order valence-electron chi connectivity index (χ2n) is 6.35. The molecule has 1 fully saturated rings. The van der Waals surface area contributed by atoms with Gasteiger partial charge < -0.3 is 14.4 Å². The summed E-state index contributed by atoms with van der Waals surface area (Å²) in [5.74, 6) is -1.23. The molecular formula is C19H21FN2O4S.